The Morgan fingerprint density at radius 3 is 2.83 bits per heavy atom. The number of aryl methyl sites for hydroxylation is 1. The highest BCUT2D eigenvalue weighted by Crippen LogP contribution is 2.32. The lowest BCUT2D eigenvalue weighted by Gasteiger charge is -2.12. The highest BCUT2D eigenvalue weighted by atomic mass is 32.2. The van der Waals surface area contributed by atoms with Gasteiger partial charge < -0.3 is 10.9 Å². The maximum absolute atomic E-state index is 8.84. The predicted octanol–water partition coefficient (Wildman–Crippen LogP) is 3.37. The van der Waals surface area contributed by atoms with Gasteiger partial charge in [0.15, 0.2) is 5.84 Å². The minimum absolute atomic E-state index is 0.202. The average molecular weight is 264 g/mol. The third kappa shape index (κ3) is 3.19. The molecule has 1 aliphatic carbocycles. The van der Waals surface area contributed by atoms with Gasteiger partial charge in [0.1, 0.15) is 0 Å². The van der Waals surface area contributed by atoms with Crippen molar-refractivity contribution >= 4 is 17.6 Å². The van der Waals surface area contributed by atoms with Gasteiger partial charge in [-0.05, 0) is 37.8 Å². The Kier molecular flexibility index (Phi) is 4.53. The SMILES string of the molecule is Cc1ccc(SCC2CCCC2)c(/C(N)=N/O)c1. The molecule has 0 aliphatic heterocycles. The summed E-state index contributed by atoms with van der Waals surface area (Å²) in [6, 6.07) is 6.12. The number of nitrogens with zero attached hydrogens (tertiary/aromatic N) is 1. The minimum atomic E-state index is 0.202. The summed E-state index contributed by atoms with van der Waals surface area (Å²) in [6.45, 7) is 2.01. The van der Waals surface area contributed by atoms with E-state index in [0.29, 0.717) is 0 Å². The van der Waals surface area contributed by atoms with E-state index in [2.05, 4.69) is 17.3 Å². The first-order valence-electron chi connectivity index (χ1n) is 6.42. The first-order chi connectivity index (χ1) is 8.70. The highest BCUT2D eigenvalue weighted by molar-refractivity contribution is 7.99. The Morgan fingerprint density at radius 1 is 1.44 bits per heavy atom. The Labute approximate surface area is 112 Å². The van der Waals surface area contributed by atoms with E-state index in [-0.39, 0.29) is 5.84 Å². The van der Waals surface area contributed by atoms with Gasteiger partial charge in [0.05, 0.1) is 0 Å². The lowest BCUT2D eigenvalue weighted by Crippen LogP contribution is -2.14. The Morgan fingerprint density at radius 2 is 2.17 bits per heavy atom. The van der Waals surface area contributed by atoms with Crippen LogP contribution in [0.25, 0.3) is 0 Å². The molecule has 1 fully saturated rings. The Bertz CT molecular complexity index is 439. The van der Waals surface area contributed by atoms with E-state index < -0.39 is 0 Å². The van der Waals surface area contributed by atoms with E-state index in [1.54, 1.807) is 0 Å². The fraction of sp³-hybridized carbons (Fsp3) is 0.500. The van der Waals surface area contributed by atoms with Crippen LogP contribution in [0.1, 0.15) is 36.8 Å². The second kappa shape index (κ2) is 6.14. The van der Waals surface area contributed by atoms with Crippen LogP contribution < -0.4 is 5.73 Å². The van der Waals surface area contributed by atoms with Crippen LogP contribution in [0.2, 0.25) is 0 Å². The molecule has 3 N–H and O–H groups in total. The van der Waals surface area contributed by atoms with Crippen molar-refractivity contribution in [1.29, 1.82) is 0 Å². The van der Waals surface area contributed by atoms with Gasteiger partial charge in [-0.2, -0.15) is 0 Å². The van der Waals surface area contributed by atoms with Gasteiger partial charge in [-0.25, -0.2) is 0 Å². The zero-order valence-electron chi connectivity index (χ0n) is 10.7. The second-order valence-corrected chi connectivity index (χ2v) is 6.01. The predicted molar refractivity (Wildman–Crippen MR) is 76.4 cm³/mol. The van der Waals surface area contributed by atoms with Crippen LogP contribution in [0.15, 0.2) is 28.3 Å². The molecule has 3 nitrogen and oxygen atoms in total. The molecule has 0 spiro atoms. The molecule has 98 valence electrons. The maximum Gasteiger partial charge on any atom is 0.171 e. The van der Waals surface area contributed by atoms with Crippen molar-refractivity contribution in [1.82, 2.24) is 0 Å². The third-order valence-corrected chi connectivity index (χ3v) is 4.77. The van der Waals surface area contributed by atoms with Crippen molar-refractivity contribution in [2.24, 2.45) is 16.8 Å². The zero-order chi connectivity index (χ0) is 13.0. The van der Waals surface area contributed by atoms with E-state index in [9.17, 15) is 0 Å². The van der Waals surface area contributed by atoms with Gasteiger partial charge in [0.25, 0.3) is 0 Å². The molecular formula is C14H20N2OS. The Hall–Kier alpha value is -1.16. The third-order valence-electron chi connectivity index (χ3n) is 3.47. The van der Waals surface area contributed by atoms with Crippen LogP contribution in [0, 0.1) is 12.8 Å². The molecule has 0 saturated heterocycles. The molecule has 1 aromatic carbocycles. The monoisotopic (exact) mass is 264 g/mol. The number of rotatable bonds is 4. The summed E-state index contributed by atoms with van der Waals surface area (Å²) in [5.41, 5.74) is 7.71. The van der Waals surface area contributed by atoms with Crippen molar-refractivity contribution in [2.75, 3.05) is 5.75 Å². The molecule has 2 rings (SSSR count). The second-order valence-electron chi connectivity index (χ2n) is 4.95. The molecule has 0 unspecified atom stereocenters. The first-order valence-corrected chi connectivity index (χ1v) is 7.40. The van der Waals surface area contributed by atoms with Crippen molar-refractivity contribution in [3.8, 4) is 0 Å². The van der Waals surface area contributed by atoms with E-state index in [4.69, 9.17) is 10.9 Å². The van der Waals surface area contributed by atoms with Crippen molar-refractivity contribution in [3.63, 3.8) is 0 Å². The molecule has 0 heterocycles. The molecule has 0 amide bonds. The van der Waals surface area contributed by atoms with Crippen LogP contribution in [-0.2, 0) is 0 Å². The standard InChI is InChI=1S/C14H20N2OS/c1-10-6-7-13(12(8-10)14(15)16-17)18-9-11-4-2-3-5-11/h6-8,11,17H,2-5,9H2,1H3,(H2,15,16). The summed E-state index contributed by atoms with van der Waals surface area (Å²) in [5, 5.41) is 12.0. The topological polar surface area (TPSA) is 58.6 Å². The number of oxime groups is 1. The fourth-order valence-electron chi connectivity index (χ4n) is 2.41. The maximum atomic E-state index is 8.84. The highest BCUT2D eigenvalue weighted by Gasteiger charge is 2.16. The molecular weight excluding hydrogens is 244 g/mol. The van der Waals surface area contributed by atoms with Crippen LogP contribution in [-0.4, -0.2) is 16.8 Å². The van der Waals surface area contributed by atoms with E-state index in [1.165, 1.54) is 25.7 Å². The summed E-state index contributed by atoms with van der Waals surface area (Å²) < 4.78 is 0. The lowest BCUT2D eigenvalue weighted by atomic mass is 10.1. The number of nitrogens with two attached hydrogens (primary N) is 1. The van der Waals surface area contributed by atoms with E-state index in [0.717, 1.165) is 27.7 Å². The minimum Gasteiger partial charge on any atom is -0.409 e. The number of thioether (sulfide) groups is 1. The normalized spacial score (nSPS) is 17.3. The largest absolute Gasteiger partial charge is 0.409 e. The summed E-state index contributed by atoms with van der Waals surface area (Å²) in [6.07, 6.45) is 5.42. The quantitative estimate of drug-likeness (QED) is 0.288. The van der Waals surface area contributed by atoms with Crippen LogP contribution in [0.5, 0.6) is 0 Å². The van der Waals surface area contributed by atoms with Gasteiger partial charge in [0, 0.05) is 16.2 Å². The smallest absolute Gasteiger partial charge is 0.171 e. The van der Waals surface area contributed by atoms with Crippen molar-refractivity contribution < 1.29 is 5.21 Å². The van der Waals surface area contributed by atoms with Gasteiger partial charge >= 0.3 is 0 Å². The molecule has 18 heavy (non-hydrogen) atoms. The summed E-state index contributed by atoms with van der Waals surface area (Å²) in [7, 11) is 0. The number of amidine groups is 1. The van der Waals surface area contributed by atoms with Gasteiger partial charge in [-0.15, -0.1) is 11.8 Å². The lowest BCUT2D eigenvalue weighted by molar-refractivity contribution is 0.318. The molecule has 1 saturated carbocycles. The summed E-state index contributed by atoms with van der Waals surface area (Å²) in [4.78, 5) is 1.11. The number of benzene rings is 1. The number of hydrogen-bond donors (Lipinski definition) is 2. The van der Waals surface area contributed by atoms with Gasteiger partial charge in [-0.1, -0.05) is 29.6 Å². The molecule has 0 bridgehead atoms. The average Bonchev–Trinajstić information content (AvgIpc) is 2.89. The van der Waals surface area contributed by atoms with Gasteiger partial charge in [0.2, 0.25) is 0 Å². The van der Waals surface area contributed by atoms with Crippen LogP contribution in [0.4, 0.5) is 0 Å². The molecule has 0 aromatic heterocycles. The first kappa shape index (κ1) is 13.3. The molecule has 1 aromatic rings. The Balaban J connectivity index is 2.10. The fourth-order valence-corrected chi connectivity index (χ4v) is 3.64. The molecule has 1 aliphatic rings. The van der Waals surface area contributed by atoms with Crippen LogP contribution >= 0.6 is 11.8 Å². The molecule has 0 radical (unpaired) electrons. The van der Waals surface area contributed by atoms with E-state index in [1.807, 2.05) is 24.8 Å². The summed E-state index contributed by atoms with van der Waals surface area (Å²) >= 11 is 1.82. The zero-order valence-corrected chi connectivity index (χ0v) is 11.5. The van der Waals surface area contributed by atoms with Crippen LogP contribution in [0.3, 0.4) is 0 Å². The molecule has 0 atom stereocenters. The van der Waals surface area contributed by atoms with Gasteiger partial charge in [-0.3, -0.25) is 0 Å². The number of hydrogen-bond acceptors (Lipinski definition) is 3. The van der Waals surface area contributed by atoms with Crippen molar-refractivity contribution in [3.05, 3.63) is 29.3 Å². The van der Waals surface area contributed by atoms with Crippen molar-refractivity contribution in [2.45, 2.75) is 37.5 Å². The summed E-state index contributed by atoms with van der Waals surface area (Å²) in [5.74, 6) is 2.17. The molecule has 4 heteroatoms. The van der Waals surface area contributed by atoms with E-state index >= 15 is 0 Å².